The summed E-state index contributed by atoms with van der Waals surface area (Å²) in [7, 11) is 0. The van der Waals surface area contributed by atoms with E-state index in [1.807, 2.05) is 0 Å². The maximum atomic E-state index is 8.05. The Morgan fingerprint density at radius 3 is 3.08 bits per heavy atom. The van der Waals surface area contributed by atoms with Crippen LogP contribution in [0.3, 0.4) is 0 Å². The average Bonchev–Trinajstić information content (AvgIpc) is 2.45. The molecule has 1 aliphatic rings. The van der Waals surface area contributed by atoms with Crippen molar-refractivity contribution in [2.75, 3.05) is 26.2 Å². The number of hydrogen-bond donors (Lipinski definition) is 0. The van der Waals surface area contributed by atoms with Crippen LogP contribution >= 0.6 is 0 Å². The van der Waals surface area contributed by atoms with E-state index in [1.165, 1.54) is 19.5 Å². The van der Waals surface area contributed by atoms with Crippen LogP contribution in [0, 0.1) is 5.92 Å². The van der Waals surface area contributed by atoms with Crippen LogP contribution in [0.2, 0.25) is 0 Å². The summed E-state index contributed by atoms with van der Waals surface area (Å²) in [6.07, 6.45) is 2.32. The second-order valence-electron chi connectivity index (χ2n) is 3.50. The highest BCUT2D eigenvalue weighted by Gasteiger charge is 2.17. The average molecular weight is 168 g/mol. The summed E-state index contributed by atoms with van der Waals surface area (Å²) >= 11 is 0. The number of azide groups is 1. The van der Waals surface area contributed by atoms with Crippen LogP contribution in [0.25, 0.3) is 10.4 Å². The summed E-state index contributed by atoms with van der Waals surface area (Å²) in [4.78, 5) is 5.16. The second-order valence-corrected chi connectivity index (χ2v) is 3.50. The molecule has 12 heavy (non-hydrogen) atoms. The first kappa shape index (κ1) is 9.36. The first-order valence-electron chi connectivity index (χ1n) is 4.56. The highest BCUT2D eigenvalue weighted by molar-refractivity contribution is 4.72. The molecule has 1 aliphatic heterocycles. The van der Waals surface area contributed by atoms with Crippen LogP contribution in [0.4, 0.5) is 0 Å². The Hall–Kier alpha value is -0.730. The highest BCUT2D eigenvalue weighted by atomic mass is 15.2. The van der Waals surface area contributed by atoms with Crippen LogP contribution in [0.1, 0.15) is 19.8 Å². The van der Waals surface area contributed by atoms with Crippen molar-refractivity contribution in [2.24, 2.45) is 11.0 Å². The third-order valence-electron chi connectivity index (χ3n) is 2.30. The Morgan fingerprint density at radius 1 is 1.67 bits per heavy atom. The molecule has 1 atom stereocenters. The van der Waals surface area contributed by atoms with Crippen LogP contribution in [-0.2, 0) is 0 Å². The standard InChI is InChI=1S/C8H16N4/c1-8-3-6-12(7-8)5-2-4-10-11-9/h8H,2-7H2,1H3. The van der Waals surface area contributed by atoms with E-state index in [2.05, 4.69) is 21.8 Å². The zero-order valence-corrected chi connectivity index (χ0v) is 7.61. The number of likely N-dealkylation sites (tertiary alicyclic amines) is 1. The van der Waals surface area contributed by atoms with Gasteiger partial charge in [-0.1, -0.05) is 12.0 Å². The third kappa shape index (κ3) is 3.11. The van der Waals surface area contributed by atoms with Gasteiger partial charge in [-0.15, -0.1) is 0 Å². The Balaban J connectivity index is 2.04. The quantitative estimate of drug-likeness (QED) is 0.274. The second kappa shape index (κ2) is 5.01. The fourth-order valence-corrected chi connectivity index (χ4v) is 1.64. The zero-order chi connectivity index (χ0) is 8.81. The predicted molar refractivity (Wildman–Crippen MR) is 48.9 cm³/mol. The lowest BCUT2D eigenvalue weighted by Crippen LogP contribution is -2.21. The van der Waals surface area contributed by atoms with Gasteiger partial charge in [-0.2, -0.15) is 0 Å². The fraction of sp³-hybridized carbons (Fsp3) is 1.00. The molecule has 0 aromatic rings. The molecule has 1 fully saturated rings. The maximum Gasteiger partial charge on any atom is 0.0270 e. The number of hydrogen-bond acceptors (Lipinski definition) is 2. The van der Waals surface area contributed by atoms with Crippen molar-refractivity contribution in [3.8, 4) is 0 Å². The largest absolute Gasteiger partial charge is 0.303 e. The molecule has 0 aromatic heterocycles. The molecule has 0 aliphatic carbocycles. The summed E-state index contributed by atoms with van der Waals surface area (Å²) in [6.45, 7) is 6.45. The molecular formula is C8H16N4. The first-order chi connectivity index (χ1) is 5.83. The van der Waals surface area contributed by atoms with Crippen molar-refractivity contribution in [3.63, 3.8) is 0 Å². The minimum Gasteiger partial charge on any atom is -0.303 e. The summed E-state index contributed by atoms with van der Waals surface area (Å²) < 4.78 is 0. The van der Waals surface area contributed by atoms with E-state index in [-0.39, 0.29) is 0 Å². The molecule has 4 nitrogen and oxygen atoms in total. The Labute approximate surface area is 73.2 Å². The van der Waals surface area contributed by atoms with E-state index in [0.717, 1.165) is 18.9 Å². The smallest absolute Gasteiger partial charge is 0.0270 e. The Bertz CT molecular complexity index is 174. The van der Waals surface area contributed by atoms with Gasteiger partial charge < -0.3 is 4.90 Å². The molecule has 1 unspecified atom stereocenters. The van der Waals surface area contributed by atoms with E-state index in [9.17, 15) is 0 Å². The minimum absolute atomic E-state index is 0.640. The topological polar surface area (TPSA) is 52.0 Å². The van der Waals surface area contributed by atoms with E-state index < -0.39 is 0 Å². The minimum atomic E-state index is 0.640. The lowest BCUT2D eigenvalue weighted by molar-refractivity contribution is 0.325. The summed E-state index contributed by atoms with van der Waals surface area (Å²) in [5, 5.41) is 3.51. The maximum absolute atomic E-state index is 8.05. The normalized spacial score (nSPS) is 23.9. The SMILES string of the molecule is CC1CCN(CCCN=[N+]=[N-])C1. The van der Waals surface area contributed by atoms with Crippen molar-refractivity contribution in [3.05, 3.63) is 10.4 Å². The van der Waals surface area contributed by atoms with E-state index >= 15 is 0 Å². The molecule has 1 heterocycles. The van der Waals surface area contributed by atoms with E-state index in [4.69, 9.17) is 5.53 Å². The monoisotopic (exact) mass is 168 g/mol. The van der Waals surface area contributed by atoms with Gasteiger partial charge in [0.15, 0.2) is 0 Å². The lowest BCUT2D eigenvalue weighted by Gasteiger charge is -2.13. The molecule has 0 radical (unpaired) electrons. The number of rotatable bonds is 4. The van der Waals surface area contributed by atoms with Gasteiger partial charge in [0, 0.05) is 18.0 Å². The van der Waals surface area contributed by atoms with Crippen molar-refractivity contribution >= 4 is 0 Å². The van der Waals surface area contributed by atoms with Crippen molar-refractivity contribution in [1.29, 1.82) is 0 Å². The van der Waals surface area contributed by atoms with Crippen LogP contribution in [0.5, 0.6) is 0 Å². The zero-order valence-electron chi connectivity index (χ0n) is 7.61. The van der Waals surface area contributed by atoms with Crippen LogP contribution in [0.15, 0.2) is 5.11 Å². The van der Waals surface area contributed by atoms with Crippen molar-refractivity contribution in [2.45, 2.75) is 19.8 Å². The van der Waals surface area contributed by atoms with Crippen molar-refractivity contribution < 1.29 is 0 Å². The van der Waals surface area contributed by atoms with Gasteiger partial charge in [0.1, 0.15) is 0 Å². The van der Waals surface area contributed by atoms with Gasteiger partial charge in [-0.25, -0.2) is 0 Å². The molecule has 0 bridgehead atoms. The predicted octanol–water partition coefficient (Wildman–Crippen LogP) is 2.03. The summed E-state index contributed by atoms with van der Waals surface area (Å²) in [6, 6.07) is 0. The summed E-state index contributed by atoms with van der Waals surface area (Å²) in [5.41, 5.74) is 8.05. The number of nitrogens with zero attached hydrogens (tertiary/aromatic N) is 4. The third-order valence-corrected chi connectivity index (χ3v) is 2.30. The highest BCUT2D eigenvalue weighted by Crippen LogP contribution is 2.14. The van der Waals surface area contributed by atoms with E-state index in [1.54, 1.807) is 0 Å². The van der Waals surface area contributed by atoms with Gasteiger partial charge in [-0.05, 0) is 37.4 Å². The Morgan fingerprint density at radius 2 is 2.50 bits per heavy atom. The van der Waals surface area contributed by atoms with Gasteiger partial charge in [0.05, 0.1) is 0 Å². The molecule has 0 N–H and O–H groups in total. The Kier molecular flexibility index (Phi) is 3.91. The fourth-order valence-electron chi connectivity index (χ4n) is 1.64. The van der Waals surface area contributed by atoms with Crippen LogP contribution in [-0.4, -0.2) is 31.1 Å². The molecule has 1 saturated heterocycles. The van der Waals surface area contributed by atoms with Crippen LogP contribution < -0.4 is 0 Å². The first-order valence-corrected chi connectivity index (χ1v) is 4.56. The van der Waals surface area contributed by atoms with Gasteiger partial charge >= 0.3 is 0 Å². The molecular weight excluding hydrogens is 152 g/mol. The van der Waals surface area contributed by atoms with Gasteiger partial charge in [-0.3, -0.25) is 0 Å². The molecule has 1 rings (SSSR count). The lowest BCUT2D eigenvalue weighted by atomic mass is 10.2. The molecule has 0 amide bonds. The molecule has 0 spiro atoms. The van der Waals surface area contributed by atoms with Gasteiger partial charge in [0.2, 0.25) is 0 Å². The van der Waals surface area contributed by atoms with Gasteiger partial charge in [0.25, 0.3) is 0 Å². The van der Waals surface area contributed by atoms with Crippen molar-refractivity contribution in [1.82, 2.24) is 4.90 Å². The van der Waals surface area contributed by atoms with E-state index in [0.29, 0.717) is 6.54 Å². The molecule has 0 aromatic carbocycles. The molecule has 0 saturated carbocycles. The molecule has 68 valence electrons. The summed E-state index contributed by atoms with van der Waals surface area (Å²) in [5.74, 6) is 0.851. The molecule has 4 heteroatoms.